The Kier molecular flexibility index (Phi) is 12.6. The maximum Gasteiger partial charge on any atom is 0.329 e. The zero-order valence-electron chi connectivity index (χ0n) is 35.4. The van der Waals surface area contributed by atoms with E-state index < -0.39 is 30.3 Å². The fourth-order valence-electron chi connectivity index (χ4n) is 8.53. The number of alkyl halides is 2. The fourth-order valence-corrected chi connectivity index (χ4v) is 8.53. The van der Waals surface area contributed by atoms with Gasteiger partial charge in [-0.25, -0.2) is 28.2 Å². The van der Waals surface area contributed by atoms with Gasteiger partial charge < -0.3 is 35.5 Å². The number of piperidine rings is 1. The van der Waals surface area contributed by atoms with Crippen molar-refractivity contribution in [1.29, 1.82) is 0 Å². The van der Waals surface area contributed by atoms with Crippen LogP contribution in [0.15, 0.2) is 82.5 Å². The molecule has 3 fully saturated rings. The smallest absolute Gasteiger partial charge is 0.329 e. The first-order chi connectivity index (χ1) is 31.1. The van der Waals surface area contributed by atoms with E-state index in [1.165, 1.54) is 30.0 Å². The summed E-state index contributed by atoms with van der Waals surface area (Å²) < 4.78 is 44.5. The molecule has 1 saturated carbocycles. The number of amides is 2. The van der Waals surface area contributed by atoms with Crippen molar-refractivity contribution < 1.29 is 32.6 Å². The van der Waals surface area contributed by atoms with Gasteiger partial charge in [-0.2, -0.15) is 5.10 Å². The third kappa shape index (κ3) is 9.62. The Balaban J connectivity index is 0.752. The molecule has 0 radical (unpaired) electrons. The Hall–Kier alpha value is -6.28. The summed E-state index contributed by atoms with van der Waals surface area (Å²) in [6.07, 6.45) is 4.79. The Labute approximate surface area is 366 Å². The molecule has 9 rings (SSSR count). The number of pyridine rings is 1. The number of rotatable bonds is 17. The predicted octanol–water partition coefficient (Wildman–Crippen LogP) is 4.78. The number of aryl methyl sites for hydroxylation is 2. The Morgan fingerprint density at radius 3 is 2.72 bits per heavy atom. The molecule has 2 aliphatic heterocycles. The summed E-state index contributed by atoms with van der Waals surface area (Å²) in [6.45, 7) is 5.09. The normalized spacial score (nSPS) is 19.3. The summed E-state index contributed by atoms with van der Waals surface area (Å²) in [5.74, 6) is 0.600. The number of hydrogen-bond donors (Lipinski definition) is 5. The molecule has 64 heavy (non-hydrogen) atoms. The van der Waals surface area contributed by atoms with Crippen molar-refractivity contribution in [2.75, 3.05) is 50.0 Å². The van der Waals surface area contributed by atoms with Crippen molar-refractivity contribution in [3.05, 3.63) is 106 Å². The second-order valence-electron chi connectivity index (χ2n) is 16.7. The SMILES string of the molecule is Cn1c(=O)n(C2CCC(=O)NC2O)c2cccc(CCCN3CCO[C@H](CNCc4ccc(-n5cc(NC(=O)c6coc(-c7ccnc(NCC8CC8)c7)n6)c(C(F)F)n5)cc4)C3)c21. The number of hydrogen-bond acceptors (Lipinski definition) is 12. The van der Waals surface area contributed by atoms with Crippen LogP contribution in [-0.2, 0) is 29.5 Å². The van der Waals surface area contributed by atoms with Crippen molar-refractivity contribution in [2.24, 2.45) is 13.0 Å². The number of benzene rings is 2. The molecule has 336 valence electrons. The molecule has 1 aliphatic carbocycles. The Morgan fingerprint density at radius 2 is 1.92 bits per heavy atom. The first-order valence-corrected chi connectivity index (χ1v) is 21.7. The van der Waals surface area contributed by atoms with E-state index in [9.17, 15) is 28.3 Å². The number of halogens is 2. The van der Waals surface area contributed by atoms with Gasteiger partial charge in [0.15, 0.2) is 11.4 Å². The van der Waals surface area contributed by atoms with E-state index in [0.29, 0.717) is 49.1 Å². The molecule has 4 aromatic heterocycles. The monoisotopic (exact) mass is 879 g/mol. The van der Waals surface area contributed by atoms with Gasteiger partial charge in [0.25, 0.3) is 12.3 Å². The standard InChI is InChI=1S/C45H51F2N11O6/c1-55-40-29(4-2-6-35(40)58(45(55)62)36-13-14-38(59)53-43(36)61)5-3-17-56-18-19-63-32(24-56)23-48-21-27-9-11-31(12-10-27)57-25-33(39(54-57)41(46)47)51-42(60)34-26-64-44(52-34)30-15-16-49-37(20-30)50-22-28-7-8-28/h2,4,6,9-12,15-16,20,25-26,28,32,36,41,43,48,61H,3,5,7-8,13-14,17-19,21-24H2,1H3,(H,49,50)(H,51,60)(H,53,59)/t32-,36?,43?/m1/s1. The summed E-state index contributed by atoms with van der Waals surface area (Å²) in [4.78, 5) is 49.3. The van der Waals surface area contributed by atoms with Crippen molar-refractivity contribution in [3.63, 3.8) is 0 Å². The quantitative estimate of drug-likeness (QED) is 0.0842. The zero-order chi connectivity index (χ0) is 44.3. The summed E-state index contributed by atoms with van der Waals surface area (Å²) in [6, 6.07) is 16.2. The number of oxazole rings is 1. The predicted molar refractivity (Wildman–Crippen MR) is 233 cm³/mol. The molecule has 0 spiro atoms. The number of ether oxygens (including phenoxy) is 1. The maximum atomic E-state index is 14.1. The third-order valence-electron chi connectivity index (χ3n) is 12.1. The van der Waals surface area contributed by atoms with Crippen molar-refractivity contribution in [2.45, 2.75) is 69.9 Å². The number of carbonyl (C=O) groups is 2. The summed E-state index contributed by atoms with van der Waals surface area (Å²) in [5.41, 5.74) is 3.80. The molecular formula is C45H51F2N11O6. The van der Waals surface area contributed by atoms with Gasteiger partial charge in [0.1, 0.15) is 18.3 Å². The third-order valence-corrected chi connectivity index (χ3v) is 12.1. The Bertz CT molecular complexity index is 2670. The molecule has 17 nitrogen and oxygen atoms in total. The average molecular weight is 880 g/mol. The number of aliphatic hydroxyl groups excluding tert-OH is 1. The molecule has 3 aliphatic rings. The lowest BCUT2D eigenvalue weighted by Crippen LogP contribution is -2.47. The van der Waals surface area contributed by atoms with Crippen molar-refractivity contribution in [1.82, 2.24) is 44.4 Å². The van der Waals surface area contributed by atoms with Crippen LogP contribution in [0.4, 0.5) is 20.3 Å². The lowest BCUT2D eigenvalue weighted by atomic mass is 10.0. The largest absolute Gasteiger partial charge is 0.444 e. The topological polar surface area (TPSA) is 199 Å². The molecule has 3 atom stereocenters. The van der Waals surface area contributed by atoms with Crippen LogP contribution in [0.25, 0.3) is 28.2 Å². The fraction of sp³-hybridized carbons (Fsp3) is 0.422. The molecule has 19 heteroatoms. The number of morpholine rings is 1. The van der Waals surface area contributed by atoms with Crippen LogP contribution in [0.2, 0.25) is 0 Å². The first kappa shape index (κ1) is 43.0. The van der Waals surface area contributed by atoms with Crippen LogP contribution >= 0.6 is 0 Å². The molecule has 2 amide bonds. The van der Waals surface area contributed by atoms with E-state index in [1.807, 2.05) is 30.3 Å². The minimum Gasteiger partial charge on any atom is -0.444 e. The van der Waals surface area contributed by atoms with Crippen LogP contribution in [-0.4, -0.2) is 102 Å². The van der Waals surface area contributed by atoms with Gasteiger partial charge in [-0.15, -0.1) is 0 Å². The molecule has 2 saturated heterocycles. The molecular weight excluding hydrogens is 829 g/mol. The average Bonchev–Trinajstić information content (AvgIpc) is 3.70. The minimum absolute atomic E-state index is 0.00886. The molecule has 2 unspecified atom stereocenters. The van der Waals surface area contributed by atoms with Crippen molar-refractivity contribution >= 4 is 34.4 Å². The second kappa shape index (κ2) is 18.8. The summed E-state index contributed by atoms with van der Waals surface area (Å²) in [7, 11) is 1.75. The van der Waals surface area contributed by atoms with Crippen LogP contribution in [0.1, 0.15) is 71.9 Å². The van der Waals surface area contributed by atoms with E-state index in [0.717, 1.165) is 61.2 Å². The van der Waals surface area contributed by atoms with Crippen LogP contribution in [0, 0.1) is 5.92 Å². The number of para-hydroxylation sites is 1. The first-order valence-electron chi connectivity index (χ1n) is 21.7. The molecule has 6 heterocycles. The van der Waals surface area contributed by atoms with E-state index in [-0.39, 0.29) is 41.4 Å². The lowest BCUT2D eigenvalue weighted by molar-refractivity contribution is -0.128. The summed E-state index contributed by atoms with van der Waals surface area (Å²) in [5, 5.41) is 26.5. The number of nitrogens with zero attached hydrogens (tertiary/aromatic N) is 7. The maximum absolute atomic E-state index is 14.1. The highest BCUT2D eigenvalue weighted by Gasteiger charge is 2.32. The van der Waals surface area contributed by atoms with Gasteiger partial charge in [0.2, 0.25) is 11.8 Å². The van der Waals surface area contributed by atoms with Gasteiger partial charge in [-0.05, 0) is 86.0 Å². The highest BCUT2D eigenvalue weighted by Crippen LogP contribution is 2.31. The molecule has 6 aromatic rings. The zero-order valence-corrected chi connectivity index (χ0v) is 35.4. The summed E-state index contributed by atoms with van der Waals surface area (Å²) >= 11 is 0. The minimum atomic E-state index is -2.94. The van der Waals surface area contributed by atoms with Gasteiger partial charge in [0.05, 0.1) is 47.4 Å². The van der Waals surface area contributed by atoms with Crippen molar-refractivity contribution in [3.8, 4) is 17.1 Å². The van der Waals surface area contributed by atoms with E-state index in [1.54, 1.807) is 46.6 Å². The number of nitrogens with one attached hydrogen (secondary N) is 4. The highest BCUT2D eigenvalue weighted by atomic mass is 19.3. The van der Waals surface area contributed by atoms with Gasteiger partial charge >= 0.3 is 5.69 Å². The molecule has 2 aromatic carbocycles. The van der Waals surface area contributed by atoms with Gasteiger partial charge in [-0.3, -0.25) is 23.6 Å². The molecule has 0 bridgehead atoms. The van der Waals surface area contributed by atoms with Crippen LogP contribution in [0.5, 0.6) is 0 Å². The second-order valence-corrected chi connectivity index (χ2v) is 16.7. The lowest BCUT2D eigenvalue weighted by Gasteiger charge is -2.33. The molecule has 5 N–H and O–H groups in total. The Morgan fingerprint density at radius 1 is 1.08 bits per heavy atom. The van der Waals surface area contributed by atoms with E-state index in [2.05, 4.69) is 41.2 Å². The van der Waals surface area contributed by atoms with E-state index in [4.69, 9.17) is 9.15 Å². The number of aliphatic hydroxyl groups is 1. The highest BCUT2D eigenvalue weighted by molar-refractivity contribution is 6.03. The van der Waals surface area contributed by atoms with Crippen LogP contribution < -0.4 is 27.0 Å². The van der Waals surface area contributed by atoms with Gasteiger partial charge in [0, 0.05) is 58.0 Å². The number of anilines is 2. The van der Waals surface area contributed by atoms with E-state index >= 15 is 0 Å². The number of imidazole rings is 1. The number of carbonyl (C=O) groups excluding carboxylic acids is 2. The van der Waals surface area contributed by atoms with Crippen LogP contribution in [0.3, 0.4) is 0 Å². The number of aromatic nitrogens is 6. The number of fused-ring (bicyclic) bond motifs is 1. The van der Waals surface area contributed by atoms with Gasteiger partial charge in [-0.1, -0.05) is 24.3 Å².